The molecule has 0 N–H and O–H groups in total. The fourth-order valence-electron chi connectivity index (χ4n) is 3.24. The largest absolute Gasteiger partial charge is 0.497 e. The number of benzene rings is 2. The zero-order valence-electron chi connectivity index (χ0n) is 17.4. The summed E-state index contributed by atoms with van der Waals surface area (Å²) in [6.45, 7) is 1.45. The Labute approximate surface area is 200 Å². The zero-order chi connectivity index (χ0) is 21.3. The molecule has 164 valence electrons. The molecule has 31 heavy (non-hydrogen) atoms. The van der Waals surface area contributed by atoms with Crippen LogP contribution in [0, 0.1) is 0 Å². The van der Waals surface area contributed by atoms with E-state index in [1.165, 1.54) is 22.7 Å². The van der Waals surface area contributed by atoms with Gasteiger partial charge in [0, 0.05) is 22.7 Å². The number of carbonyl (C=O) groups is 1. The number of carbonyl (C=O) groups excluding carboxylic acids is 1. The normalized spacial score (nSPS) is 11.1. The molecular weight excluding hydrogens is 473 g/mol. The second kappa shape index (κ2) is 10.1. The van der Waals surface area contributed by atoms with E-state index in [-0.39, 0.29) is 18.3 Å². The number of anilines is 1. The summed E-state index contributed by atoms with van der Waals surface area (Å²) < 4.78 is 7.33. The molecule has 0 saturated carbocycles. The number of thiazole rings is 1. The van der Waals surface area contributed by atoms with Crippen molar-refractivity contribution in [3.63, 3.8) is 0 Å². The maximum absolute atomic E-state index is 13.6. The topological polar surface area (TPSA) is 45.7 Å². The molecule has 0 atom stereocenters. The number of methoxy groups -OCH3 is 1. The van der Waals surface area contributed by atoms with E-state index >= 15 is 0 Å². The second-order valence-electron chi connectivity index (χ2n) is 7.19. The molecule has 1 amide bonds. The summed E-state index contributed by atoms with van der Waals surface area (Å²) in [6.07, 6.45) is 0.834. The maximum atomic E-state index is 13.6. The van der Waals surface area contributed by atoms with Crippen molar-refractivity contribution in [2.75, 3.05) is 39.2 Å². The van der Waals surface area contributed by atoms with Gasteiger partial charge in [-0.25, -0.2) is 4.98 Å². The molecule has 0 unspecified atom stereocenters. The van der Waals surface area contributed by atoms with E-state index in [9.17, 15) is 4.79 Å². The summed E-state index contributed by atoms with van der Waals surface area (Å²) >= 11 is 9.54. The third-order valence-electron chi connectivity index (χ3n) is 4.78. The number of hydrogen-bond acceptors (Lipinski definition) is 6. The van der Waals surface area contributed by atoms with Crippen molar-refractivity contribution in [1.29, 1.82) is 0 Å². The van der Waals surface area contributed by atoms with Crippen LogP contribution in [0.2, 0.25) is 5.02 Å². The average Bonchev–Trinajstić information content (AvgIpc) is 3.31. The Bertz CT molecular complexity index is 1210. The van der Waals surface area contributed by atoms with Crippen molar-refractivity contribution >= 4 is 78.0 Å². The molecule has 0 aliphatic heterocycles. The lowest BCUT2D eigenvalue weighted by molar-refractivity contribution is 0.0990. The summed E-state index contributed by atoms with van der Waals surface area (Å²) in [6, 6.07) is 13.6. The zero-order valence-corrected chi connectivity index (χ0v) is 20.6. The number of fused-ring (bicyclic) bond motifs is 2. The number of nitrogens with zero attached hydrogens (tertiary/aromatic N) is 3. The molecule has 2 aromatic carbocycles. The monoisotopic (exact) mass is 495 g/mol. The van der Waals surface area contributed by atoms with Gasteiger partial charge < -0.3 is 9.64 Å². The van der Waals surface area contributed by atoms with Gasteiger partial charge in [-0.05, 0) is 45.3 Å². The van der Waals surface area contributed by atoms with E-state index in [0.717, 1.165) is 39.0 Å². The van der Waals surface area contributed by atoms with Crippen LogP contribution in [-0.2, 0) is 0 Å². The molecule has 0 spiro atoms. The summed E-state index contributed by atoms with van der Waals surface area (Å²) in [5.74, 6) is 0.642. The van der Waals surface area contributed by atoms with E-state index in [4.69, 9.17) is 21.3 Å². The highest BCUT2D eigenvalue weighted by atomic mass is 35.5. The molecule has 0 bridgehead atoms. The van der Waals surface area contributed by atoms with Crippen molar-refractivity contribution in [2.45, 2.75) is 6.42 Å². The molecule has 2 heterocycles. The van der Waals surface area contributed by atoms with Crippen LogP contribution in [-0.4, -0.2) is 50.1 Å². The quantitative estimate of drug-likeness (QED) is 0.306. The summed E-state index contributed by atoms with van der Waals surface area (Å²) in [5.41, 5.74) is 0.821. The van der Waals surface area contributed by atoms with Crippen LogP contribution in [0.4, 0.5) is 5.13 Å². The predicted octanol–water partition coefficient (Wildman–Crippen LogP) is 6.19. The van der Waals surface area contributed by atoms with Gasteiger partial charge in [-0.1, -0.05) is 41.1 Å². The Kier molecular flexibility index (Phi) is 7.78. The molecule has 0 fully saturated rings. The lowest BCUT2D eigenvalue weighted by atomic mass is 10.2. The molecule has 4 rings (SSSR count). The van der Waals surface area contributed by atoms with Gasteiger partial charge in [0.15, 0.2) is 5.13 Å². The van der Waals surface area contributed by atoms with Gasteiger partial charge in [-0.15, -0.1) is 23.7 Å². The first-order valence-electron chi connectivity index (χ1n) is 9.56. The van der Waals surface area contributed by atoms with E-state index in [1.54, 1.807) is 12.0 Å². The van der Waals surface area contributed by atoms with Gasteiger partial charge in [0.05, 0.1) is 22.3 Å². The Morgan fingerprint density at radius 3 is 2.58 bits per heavy atom. The maximum Gasteiger partial charge on any atom is 0.271 e. The van der Waals surface area contributed by atoms with E-state index in [1.807, 2.05) is 56.6 Å². The number of amides is 1. The highest BCUT2D eigenvalue weighted by Gasteiger charge is 2.26. The van der Waals surface area contributed by atoms with Gasteiger partial charge >= 0.3 is 0 Å². The van der Waals surface area contributed by atoms with Crippen molar-refractivity contribution in [1.82, 2.24) is 9.88 Å². The van der Waals surface area contributed by atoms with Gasteiger partial charge in [0.2, 0.25) is 0 Å². The minimum Gasteiger partial charge on any atom is -0.497 e. The summed E-state index contributed by atoms with van der Waals surface area (Å²) in [4.78, 5) is 22.8. The van der Waals surface area contributed by atoms with E-state index < -0.39 is 0 Å². The van der Waals surface area contributed by atoms with E-state index in [0.29, 0.717) is 21.6 Å². The lowest BCUT2D eigenvalue weighted by Gasteiger charge is -2.20. The summed E-state index contributed by atoms with van der Waals surface area (Å²) in [7, 11) is 5.69. The van der Waals surface area contributed by atoms with Crippen LogP contribution in [0.3, 0.4) is 0 Å². The minimum absolute atomic E-state index is 0. The molecule has 0 aliphatic carbocycles. The molecular formula is C22H23Cl2N3O2S2. The standard InChI is InChI=1S/C22H22ClN3O2S2.ClH/c1-25(2)11-6-12-26(22-24-16-13-14(28-3)9-10-18(16)30-22)21(27)20-19(23)15-7-4-5-8-17(15)29-20;/h4-5,7-10,13H,6,11-12H2,1-3H3;1H. The van der Waals surface area contributed by atoms with Crippen molar-refractivity contribution < 1.29 is 9.53 Å². The van der Waals surface area contributed by atoms with Gasteiger partial charge in [0.1, 0.15) is 10.6 Å². The number of hydrogen-bond donors (Lipinski definition) is 0. The SMILES string of the molecule is COc1ccc2sc(N(CCCN(C)C)C(=O)c3sc4ccccc4c3Cl)nc2c1.Cl. The van der Waals surface area contributed by atoms with Gasteiger partial charge in [0.25, 0.3) is 5.91 Å². The fourth-order valence-corrected chi connectivity index (χ4v) is 5.67. The number of thiophene rings is 1. The Morgan fingerprint density at radius 1 is 1.10 bits per heavy atom. The average molecular weight is 496 g/mol. The number of halogens is 2. The minimum atomic E-state index is -0.106. The molecule has 0 aliphatic rings. The van der Waals surface area contributed by atoms with Crippen LogP contribution in [0.1, 0.15) is 16.1 Å². The lowest BCUT2D eigenvalue weighted by Crippen LogP contribution is -2.33. The molecule has 5 nitrogen and oxygen atoms in total. The highest BCUT2D eigenvalue weighted by Crippen LogP contribution is 2.38. The van der Waals surface area contributed by atoms with Crippen LogP contribution in [0.15, 0.2) is 42.5 Å². The molecule has 0 radical (unpaired) electrons. The molecule has 2 aromatic heterocycles. The first-order chi connectivity index (χ1) is 14.5. The second-order valence-corrected chi connectivity index (χ2v) is 9.62. The molecule has 9 heteroatoms. The Morgan fingerprint density at radius 2 is 1.87 bits per heavy atom. The van der Waals surface area contributed by atoms with Gasteiger partial charge in [-0.3, -0.25) is 9.69 Å². The first kappa shape index (κ1) is 23.8. The molecule has 4 aromatic rings. The third kappa shape index (κ3) is 4.96. The smallest absolute Gasteiger partial charge is 0.271 e. The van der Waals surface area contributed by atoms with Crippen molar-refractivity contribution in [3.05, 3.63) is 52.4 Å². The predicted molar refractivity (Wildman–Crippen MR) is 135 cm³/mol. The van der Waals surface area contributed by atoms with Crippen LogP contribution >= 0.6 is 46.7 Å². The van der Waals surface area contributed by atoms with Crippen LogP contribution in [0.5, 0.6) is 5.75 Å². The highest BCUT2D eigenvalue weighted by molar-refractivity contribution is 7.23. The van der Waals surface area contributed by atoms with Crippen molar-refractivity contribution in [2.24, 2.45) is 0 Å². The van der Waals surface area contributed by atoms with E-state index in [2.05, 4.69) is 4.90 Å². The number of aromatic nitrogens is 1. The number of ether oxygens (including phenoxy) is 1. The van der Waals surface area contributed by atoms with Crippen molar-refractivity contribution in [3.8, 4) is 5.75 Å². The van der Waals surface area contributed by atoms with Gasteiger partial charge in [-0.2, -0.15) is 0 Å². The number of rotatable bonds is 7. The van der Waals surface area contributed by atoms with Crippen LogP contribution in [0.25, 0.3) is 20.3 Å². The third-order valence-corrected chi connectivity index (χ3v) is 7.50. The van der Waals surface area contributed by atoms with Crippen LogP contribution < -0.4 is 9.64 Å². The Hall–Kier alpha value is -1.90. The summed E-state index contributed by atoms with van der Waals surface area (Å²) in [5, 5.41) is 2.10. The molecule has 0 saturated heterocycles. The Balaban J connectivity index is 0.00000272. The fraction of sp³-hybridized carbons (Fsp3) is 0.273. The first-order valence-corrected chi connectivity index (χ1v) is 11.6.